The van der Waals surface area contributed by atoms with E-state index < -0.39 is 0 Å². The lowest BCUT2D eigenvalue weighted by Crippen LogP contribution is -2.18. The zero-order chi connectivity index (χ0) is 15.6. The summed E-state index contributed by atoms with van der Waals surface area (Å²) in [6.45, 7) is 11.3. The van der Waals surface area contributed by atoms with Crippen LogP contribution in [0.25, 0.3) is 0 Å². The fraction of sp³-hybridized carbons (Fsp3) is 0.412. The third kappa shape index (κ3) is 3.16. The lowest BCUT2D eigenvalue weighted by molar-refractivity contribution is 0.112. The highest BCUT2D eigenvalue weighted by atomic mass is 32.1. The highest BCUT2D eigenvalue weighted by Crippen LogP contribution is 2.36. The fourth-order valence-electron chi connectivity index (χ4n) is 2.33. The molecular formula is C17H22N2OS. The second-order valence-corrected chi connectivity index (χ2v) is 7.12. The number of hydrogen-bond acceptors (Lipinski definition) is 4. The predicted molar refractivity (Wildman–Crippen MR) is 90.1 cm³/mol. The van der Waals surface area contributed by atoms with Crippen LogP contribution in [0.15, 0.2) is 24.3 Å². The molecule has 0 aliphatic rings. The molecule has 0 N–H and O–H groups in total. The lowest BCUT2D eigenvalue weighted by atomic mass is 9.91. The number of anilines is 2. The van der Waals surface area contributed by atoms with E-state index in [2.05, 4.69) is 51.7 Å². The minimum absolute atomic E-state index is 0.129. The fourth-order valence-corrected chi connectivity index (χ4v) is 3.50. The lowest BCUT2D eigenvalue weighted by Gasteiger charge is -2.22. The Morgan fingerprint density at radius 1 is 1.29 bits per heavy atom. The number of aryl methyl sites for hydroxylation is 1. The van der Waals surface area contributed by atoms with E-state index in [1.807, 2.05) is 12.1 Å². The van der Waals surface area contributed by atoms with Gasteiger partial charge in [0.25, 0.3) is 0 Å². The molecule has 0 saturated heterocycles. The molecule has 0 radical (unpaired) electrons. The molecule has 4 heteroatoms. The van der Waals surface area contributed by atoms with E-state index in [-0.39, 0.29) is 5.41 Å². The standard InChI is InChI=1S/C17H22N2OS/c1-6-19(13-10-8-7-9-12(13)2)16-18-15(17(3,4)5)14(11-20)21-16/h7-11H,6H2,1-5H3. The number of aromatic nitrogens is 1. The van der Waals surface area contributed by atoms with Gasteiger partial charge in [-0.25, -0.2) is 4.98 Å². The molecular weight excluding hydrogens is 280 g/mol. The molecule has 0 fully saturated rings. The monoisotopic (exact) mass is 302 g/mol. The average molecular weight is 302 g/mol. The van der Waals surface area contributed by atoms with Gasteiger partial charge in [0.15, 0.2) is 11.4 Å². The maximum absolute atomic E-state index is 11.4. The van der Waals surface area contributed by atoms with Crippen LogP contribution in [0, 0.1) is 6.92 Å². The van der Waals surface area contributed by atoms with Crippen molar-refractivity contribution in [2.45, 2.75) is 40.0 Å². The minimum Gasteiger partial charge on any atom is -0.318 e. The average Bonchev–Trinajstić information content (AvgIpc) is 2.86. The second kappa shape index (κ2) is 5.98. The SMILES string of the molecule is CCN(c1nc(C(C)(C)C)c(C=O)s1)c1ccccc1C. The number of para-hydroxylation sites is 1. The molecule has 0 bridgehead atoms. The van der Waals surface area contributed by atoms with Crippen molar-refractivity contribution in [1.82, 2.24) is 4.98 Å². The van der Waals surface area contributed by atoms with E-state index >= 15 is 0 Å². The van der Waals surface area contributed by atoms with E-state index in [1.165, 1.54) is 16.9 Å². The topological polar surface area (TPSA) is 33.2 Å². The van der Waals surface area contributed by atoms with Gasteiger partial charge < -0.3 is 4.90 Å². The predicted octanol–water partition coefficient (Wildman–Crippen LogP) is 4.72. The van der Waals surface area contributed by atoms with Gasteiger partial charge in [-0.15, -0.1) is 0 Å². The van der Waals surface area contributed by atoms with Gasteiger partial charge in [-0.3, -0.25) is 4.79 Å². The number of rotatable bonds is 4. The van der Waals surface area contributed by atoms with Crippen LogP contribution in [0.5, 0.6) is 0 Å². The molecule has 1 aromatic carbocycles. The van der Waals surface area contributed by atoms with Gasteiger partial charge in [0.2, 0.25) is 0 Å². The second-order valence-electron chi connectivity index (χ2n) is 6.11. The molecule has 0 amide bonds. The van der Waals surface area contributed by atoms with Gasteiger partial charge in [0, 0.05) is 17.6 Å². The molecule has 0 atom stereocenters. The van der Waals surface area contributed by atoms with Crippen LogP contribution in [0.4, 0.5) is 10.8 Å². The number of benzene rings is 1. The summed E-state index contributed by atoms with van der Waals surface area (Å²) < 4.78 is 0. The summed E-state index contributed by atoms with van der Waals surface area (Å²) in [6, 6.07) is 8.25. The Balaban J connectivity index is 2.52. The number of aldehydes is 1. The third-order valence-corrected chi connectivity index (χ3v) is 4.42. The van der Waals surface area contributed by atoms with Crippen molar-refractivity contribution in [3.63, 3.8) is 0 Å². The van der Waals surface area contributed by atoms with Crippen molar-refractivity contribution >= 4 is 28.4 Å². The smallest absolute Gasteiger partial charge is 0.190 e. The molecule has 0 saturated carbocycles. The molecule has 2 aromatic rings. The number of hydrogen-bond donors (Lipinski definition) is 0. The number of nitrogens with zero attached hydrogens (tertiary/aromatic N) is 2. The van der Waals surface area contributed by atoms with Gasteiger partial charge in [-0.1, -0.05) is 50.3 Å². The highest BCUT2D eigenvalue weighted by molar-refractivity contribution is 7.17. The quantitative estimate of drug-likeness (QED) is 0.766. The molecule has 0 spiro atoms. The van der Waals surface area contributed by atoms with E-state index in [0.717, 1.165) is 34.2 Å². The van der Waals surface area contributed by atoms with Crippen molar-refractivity contribution in [2.75, 3.05) is 11.4 Å². The molecule has 0 unspecified atom stereocenters. The summed E-state index contributed by atoms with van der Waals surface area (Å²) in [4.78, 5) is 19.0. The summed E-state index contributed by atoms with van der Waals surface area (Å²) in [5, 5.41) is 0.888. The van der Waals surface area contributed by atoms with Crippen LogP contribution in [-0.4, -0.2) is 17.8 Å². The summed E-state index contributed by atoms with van der Waals surface area (Å²) in [5.41, 5.74) is 3.10. The van der Waals surface area contributed by atoms with Crippen molar-refractivity contribution < 1.29 is 4.79 Å². The molecule has 2 rings (SSSR count). The zero-order valence-electron chi connectivity index (χ0n) is 13.3. The van der Waals surface area contributed by atoms with Crippen LogP contribution in [0.1, 0.15) is 48.6 Å². The Morgan fingerprint density at radius 2 is 1.95 bits per heavy atom. The first-order valence-corrected chi connectivity index (χ1v) is 7.99. The summed E-state index contributed by atoms with van der Waals surface area (Å²) >= 11 is 1.47. The number of carbonyl (C=O) groups excluding carboxylic acids is 1. The Bertz CT molecular complexity index is 640. The Hall–Kier alpha value is -1.68. The van der Waals surface area contributed by atoms with Crippen LogP contribution >= 0.6 is 11.3 Å². The first-order valence-electron chi connectivity index (χ1n) is 7.18. The van der Waals surface area contributed by atoms with Crippen LogP contribution in [-0.2, 0) is 5.41 Å². The molecule has 3 nitrogen and oxygen atoms in total. The Morgan fingerprint density at radius 3 is 2.43 bits per heavy atom. The van der Waals surface area contributed by atoms with Crippen molar-refractivity contribution in [3.05, 3.63) is 40.4 Å². The summed E-state index contributed by atoms with van der Waals surface area (Å²) in [5.74, 6) is 0. The first-order chi connectivity index (χ1) is 9.88. The van der Waals surface area contributed by atoms with Gasteiger partial charge in [0.05, 0.1) is 10.6 Å². The molecule has 1 aromatic heterocycles. The number of thiazole rings is 1. The first kappa shape index (κ1) is 15.7. The van der Waals surface area contributed by atoms with Crippen LogP contribution < -0.4 is 4.90 Å². The van der Waals surface area contributed by atoms with Gasteiger partial charge in [-0.2, -0.15) is 0 Å². The van der Waals surface area contributed by atoms with Gasteiger partial charge >= 0.3 is 0 Å². The Kier molecular flexibility index (Phi) is 4.47. The maximum Gasteiger partial charge on any atom is 0.190 e. The summed E-state index contributed by atoms with van der Waals surface area (Å²) in [7, 11) is 0. The van der Waals surface area contributed by atoms with Crippen LogP contribution in [0.3, 0.4) is 0 Å². The van der Waals surface area contributed by atoms with Crippen molar-refractivity contribution in [3.8, 4) is 0 Å². The normalized spacial score (nSPS) is 11.5. The maximum atomic E-state index is 11.4. The molecule has 0 aliphatic heterocycles. The van der Waals surface area contributed by atoms with Gasteiger partial charge in [0.1, 0.15) is 0 Å². The number of carbonyl (C=O) groups is 1. The van der Waals surface area contributed by atoms with E-state index in [0.29, 0.717) is 0 Å². The molecule has 112 valence electrons. The van der Waals surface area contributed by atoms with E-state index in [9.17, 15) is 4.79 Å². The van der Waals surface area contributed by atoms with Crippen LogP contribution in [0.2, 0.25) is 0 Å². The molecule has 21 heavy (non-hydrogen) atoms. The van der Waals surface area contributed by atoms with Crippen molar-refractivity contribution in [2.24, 2.45) is 0 Å². The van der Waals surface area contributed by atoms with Gasteiger partial charge in [-0.05, 0) is 25.5 Å². The zero-order valence-corrected chi connectivity index (χ0v) is 14.1. The van der Waals surface area contributed by atoms with E-state index in [4.69, 9.17) is 4.98 Å². The third-order valence-electron chi connectivity index (χ3n) is 3.41. The summed E-state index contributed by atoms with van der Waals surface area (Å²) in [6.07, 6.45) is 0.924. The largest absolute Gasteiger partial charge is 0.318 e. The Labute approximate surface area is 130 Å². The van der Waals surface area contributed by atoms with E-state index in [1.54, 1.807) is 0 Å². The van der Waals surface area contributed by atoms with Crippen molar-refractivity contribution in [1.29, 1.82) is 0 Å². The highest BCUT2D eigenvalue weighted by Gasteiger charge is 2.25. The molecule has 1 heterocycles. The minimum atomic E-state index is -0.129. The molecule has 0 aliphatic carbocycles.